The first kappa shape index (κ1) is 17.3. The molecule has 1 rings (SSSR count). The average molecular weight is 298 g/mol. The summed E-state index contributed by atoms with van der Waals surface area (Å²) in [4.78, 5) is 45.9. The summed E-state index contributed by atoms with van der Waals surface area (Å²) in [6.45, 7) is 0. The van der Waals surface area contributed by atoms with E-state index in [4.69, 9.17) is 9.47 Å². The fraction of sp³-hybridized carbons (Fsp3) is 0.733. The van der Waals surface area contributed by atoms with E-state index in [-0.39, 0.29) is 18.3 Å². The minimum Gasteiger partial charge on any atom is -0.469 e. The molecule has 0 aromatic rings. The van der Waals surface area contributed by atoms with Gasteiger partial charge in [0.25, 0.3) is 0 Å². The van der Waals surface area contributed by atoms with E-state index in [1.807, 2.05) is 0 Å². The summed E-state index contributed by atoms with van der Waals surface area (Å²) in [5.74, 6) is -2.45. The first-order valence-corrected chi connectivity index (χ1v) is 7.11. The maximum Gasteiger partial charge on any atom is 0.308 e. The van der Waals surface area contributed by atoms with Gasteiger partial charge in [-0.3, -0.25) is 9.59 Å². The van der Waals surface area contributed by atoms with Gasteiger partial charge in [0, 0.05) is 11.8 Å². The number of hydrogen-bond acceptors (Lipinski definition) is 6. The van der Waals surface area contributed by atoms with Crippen LogP contribution in [0.2, 0.25) is 0 Å². The normalized spacial score (nSPS) is 30.2. The molecule has 0 aromatic carbocycles. The third-order valence-corrected chi connectivity index (χ3v) is 4.10. The van der Waals surface area contributed by atoms with Crippen LogP contribution in [0.5, 0.6) is 0 Å². The predicted molar refractivity (Wildman–Crippen MR) is 73.2 cm³/mol. The number of methoxy groups -OCH3 is 2. The molecule has 4 unspecified atom stereocenters. The van der Waals surface area contributed by atoms with Gasteiger partial charge in [0.2, 0.25) is 0 Å². The van der Waals surface area contributed by atoms with Crippen LogP contribution in [0.1, 0.15) is 32.1 Å². The number of aldehydes is 2. The largest absolute Gasteiger partial charge is 0.469 e. The van der Waals surface area contributed by atoms with Gasteiger partial charge in [0.05, 0.1) is 26.1 Å². The van der Waals surface area contributed by atoms with Crippen LogP contribution in [0.3, 0.4) is 0 Å². The number of esters is 2. The molecule has 0 aliphatic heterocycles. The number of carbonyl (C=O) groups excluding carboxylic acids is 4. The van der Waals surface area contributed by atoms with Gasteiger partial charge in [-0.15, -0.1) is 0 Å². The standard InChI is InChI=1S/C15H22O6/c1-20-14(18)12-4-3-10(8-16)5-11(9-17)6-13(7-12)15(19)21-2/h8-13H,3-7H2,1-2H3. The Morgan fingerprint density at radius 3 is 1.90 bits per heavy atom. The zero-order valence-electron chi connectivity index (χ0n) is 12.4. The summed E-state index contributed by atoms with van der Waals surface area (Å²) in [5.41, 5.74) is 0. The first-order chi connectivity index (χ1) is 10.0. The van der Waals surface area contributed by atoms with Crippen LogP contribution in [0, 0.1) is 23.7 Å². The molecular formula is C15H22O6. The van der Waals surface area contributed by atoms with E-state index in [0.29, 0.717) is 25.7 Å². The minimum absolute atomic E-state index is 0.274. The number of carbonyl (C=O) groups is 4. The highest BCUT2D eigenvalue weighted by Gasteiger charge is 2.33. The average Bonchev–Trinajstić information content (AvgIpc) is 2.61. The van der Waals surface area contributed by atoms with Crippen LogP contribution in [0.25, 0.3) is 0 Å². The van der Waals surface area contributed by atoms with E-state index in [1.54, 1.807) is 0 Å². The van der Waals surface area contributed by atoms with Crippen molar-refractivity contribution in [3.8, 4) is 0 Å². The van der Waals surface area contributed by atoms with Crippen molar-refractivity contribution in [2.45, 2.75) is 32.1 Å². The van der Waals surface area contributed by atoms with E-state index < -0.39 is 23.8 Å². The Balaban J connectivity index is 2.97. The third-order valence-electron chi connectivity index (χ3n) is 4.10. The molecule has 21 heavy (non-hydrogen) atoms. The molecule has 0 amide bonds. The van der Waals surface area contributed by atoms with Crippen molar-refractivity contribution in [1.82, 2.24) is 0 Å². The molecule has 0 aromatic heterocycles. The summed E-state index contributed by atoms with van der Waals surface area (Å²) < 4.78 is 9.52. The molecule has 1 aliphatic rings. The number of ether oxygens (including phenoxy) is 2. The summed E-state index contributed by atoms with van der Waals surface area (Å²) >= 11 is 0. The fourth-order valence-corrected chi connectivity index (χ4v) is 2.92. The molecule has 118 valence electrons. The Labute approximate surface area is 124 Å². The van der Waals surface area contributed by atoms with E-state index in [0.717, 1.165) is 12.6 Å². The Morgan fingerprint density at radius 2 is 1.38 bits per heavy atom. The van der Waals surface area contributed by atoms with Crippen molar-refractivity contribution in [3.05, 3.63) is 0 Å². The monoisotopic (exact) mass is 298 g/mol. The number of rotatable bonds is 4. The van der Waals surface area contributed by atoms with Crippen molar-refractivity contribution >= 4 is 24.5 Å². The van der Waals surface area contributed by atoms with E-state index in [1.165, 1.54) is 14.2 Å². The van der Waals surface area contributed by atoms with Crippen LogP contribution >= 0.6 is 0 Å². The van der Waals surface area contributed by atoms with Crippen LogP contribution in [-0.2, 0) is 28.7 Å². The van der Waals surface area contributed by atoms with Gasteiger partial charge >= 0.3 is 11.9 Å². The molecule has 1 saturated carbocycles. The van der Waals surface area contributed by atoms with E-state index in [2.05, 4.69) is 0 Å². The van der Waals surface area contributed by atoms with Crippen LogP contribution in [0.4, 0.5) is 0 Å². The van der Waals surface area contributed by atoms with Crippen LogP contribution in [-0.4, -0.2) is 38.7 Å². The maximum absolute atomic E-state index is 11.9. The highest BCUT2D eigenvalue weighted by molar-refractivity contribution is 5.76. The molecule has 1 fully saturated rings. The molecular weight excluding hydrogens is 276 g/mol. The van der Waals surface area contributed by atoms with Gasteiger partial charge in [-0.05, 0) is 32.1 Å². The zero-order valence-corrected chi connectivity index (χ0v) is 12.4. The van der Waals surface area contributed by atoms with Crippen molar-refractivity contribution < 1.29 is 28.7 Å². The van der Waals surface area contributed by atoms with Crippen molar-refractivity contribution in [1.29, 1.82) is 0 Å². The van der Waals surface area contributed by atoms with E-state index >= 15 is 0 Å². The predicted octanol–water partition coefficient (Wildman–Crippen LogP) is 1.16. The molecule has 6 heteroatoms. The van der Waals surface area contributed by atoms with E-state index in [9.17, 15) is 19.2 Å². The Morgan fingerprint density at radius 1 is 0.810 bits per heavy atom. The summed E-state index contributed by atoms with van der Waals surface area (Å²) in [7, 11) is 2.58. The maximum atomic E-state index is 11.9. The van der Waals surface area contributed by atoms with Crippen LogP contribution < -0.4 is 0 Å². The second-order valence-corrected chi connectivity index (χ2v) is 5.52. The topological polar surface area (TPSA) is 86.7 Å². The van der Waals surface area contributed by atoms with Gasteiger partial charge in [0.15, 0.2) is 0 Å². The molecule has 0 N–H and O–H groups in total. The van der Waals surface area contributed by atoms with Crippen LogP contribution in [0.15, 0.2) is 0 Å². The van der Waals surface area contributed by atoms with Gasteiger partial charge in [-0.25, -0.2) is 0 Å². The SMILES string of the molecule is COC(=O)C1CCC(C=O)CC(C=O)CC(C(=O)OC)C1. The second-order valence-electron chi connectivity index (χ2n) is 5.52. The third kappa shape index (κ3) is 4.95. The fourth-order valence-electron chi connectivity index (χ4n) is 2.92. The molecule has 0 spiro atoms. The second kappa shape index (κ2) is 8.54. The summed E-state index contributed by atoms with van der Waals surface area (Å²) in [6.07, 6.45) is 3.59. The van der Waals surface area contributed by atoms with Gasteiger partial charge in [-0.2, -0.15) is 0 Å². The van der Waals surface area contributed by atoms with Gasteiger partial charge in [-0.1, -0.05) is 0 Å². The summed E-state index contributed by atoms with van der Waals surface area (Å²) in [6, 6.07) is 0. The zero-order chi connectivity index (χ0) is 15.8. The molecule has 0 saturated heterocycles. The van der Waals surface area contributed by atoms with Crippen molar-refractivity contribution in [2.24, 2.45) is 23.7 Å². The molecule has 0 radical (unpaired) electrons. The molecule has 1 aliphatic carbocycles. The van der Waals surface area contributed by atoms with Crippen molar-refractivity contribution in [3.63, 3.8) is 0 Å². The highest BCUT2D eigenvalue weighted by Crippen LogP contribution is 2.32. The lowest BCUT2D eigenvalue weighted by atomic mass is 9.86. The molecule has 4 atom stereocenters. The lowest BCUT2D eigenvalue weighted by molar-refractivity contribution is -0.150. The lowest BCUT2D eigenvalue weighted by Crippen LogP contribution is -2.26. The molecule has 0 heterocycles. The molecule has 6 nitrogen and oxygen atoms in total. The van der Waals surface area contributed by atoms with Crippen molar-refractivity contribution in [2.75, 3.05) is 14.2 Å². The number of hydrogen-bond donors (Lipinski definition) is 0. The van der Waals surface area contributed by atoms with Gasteiger partial charge in [0.1, 0.15) is 12.6 Å². The Hall–Kier alpha value is -1.72. The minimum atomic E-state index is -0.528. The lowest BCUT2D eigenvalue weighted by Gasteiger charge is -2.20. The quantitative estimate of drug-likeness (QED) is 0.572. The Kier molecular flexibility index (Phi) is 7.05. The Bertz CT molecular complexity index is 392. The summed E-state index contributed by atoms with van der Waals surface area (Å²) in [5, 5.41) is 0. The molecule has 0 bridgehead atoms. The first-order valence-electron chi connectivity index (χ1n) is 7.11. The highest BCUT2D eigenvalue weighted by atomic mass is 16.5. The smallest absolute Gasteiger partial charge is 0.308 e. The van der Waals surface area contributed by atoms with Gasteiger partial charge < -0.3 is 19.1 Å².